The summed E-state index contributed by atoms with van der Waals surface area (Å²) in [5, 5.41) is 5.26. The number of aromatic nitrogens is 1. The zero-order chi connectivity index (χ0) is 18.9. The Hall–Kier alpha value is -2.11. The van der Waals surface area contributed by atoms with Gasteiger partial charge in [0.25, 0.3) is 0 Å². The summed E-state index contributed by atoms with van der Waals surface area (Å²) >= 11 is 3.26. The van der Waals surface area contributed by atoms with Gasteiger partial charge in [0, 0.05) is 16.8 Å². The average molecular weight is 397 g/mol. The van der Waals surface area contributed by atoms with Crippen molar-refractivity contribution in [1.29, 1.82) is 0 Å². The number of thioether (sulfide) groups is 1. The lowest BCUT2D eigenvalue weighted by Crippen LogP contribution is -2.30. The molecule has 0 spiro atoms. The van der Waals surface area contributed by atoms with Gasteiger partial charge in [-0.2, -0.15) is 0 Å². The maximum absolute atomic E-state index is 12.5. The molecule has 1 atom stereocenters. The Morgan fingerprint density at radius 1 is 1.15 bits per heavy atom. The molecule has 3 rings (SSSR count). The highest BCUT2D eigenvalue weighted by Crippen LogP contribution is 2.27. The Labute approximate surface area is 169 Å². The highest BCUT2D eigenvalue weighted by atomic mass is 32.2. The van der Waals surface area contributed by atoms with Gasteiger partial charge in [0.15, 0.2) is 0 Å². The molecule has 0 aliphatic heterocycles. The molecule has 0 radical (unpaired) electrons. The van der Waals surface area contributed by atoms with Crippen LogP contribution in [0.2, 0.25) is 0 Å². The van der Waals surface area contributed by atoms with Crippen molar-refractivity contribution < 1.29 is 4.79 Å². The number of nitrogens with zero attached hydrogens (tertiary/aromatic N) is 1. The fourth-order valence-electron chi connectivity index (χ4n) is 2.87. The number of hydrogen-bond acceptors (Lipinski definition) is 4. The minimum absolute atomic E-state index is 0.0481. The molecule has 1 unspecified atom stereocenters. The number of carbonyl (C=O) groups is 1. The van der Waals surface area contributed by atoms with Crippen LogP contribution in [0.1, 0.15) is 41.1 Å². The Balaban J connectivity index is 1.62. The van der Waals surface area contributed by atoms with Crippen LogP contribution >= 0.6 is 23.1 Å². The number of thiophene rings is 1. The van der Waals surface area contributed by atoms with Gasteiger partial charge < -0.3 is 5.32 Å². The minimum Gasteiger partial charge on any atom is -0.344 e. The van der Waals surface area contributed by atoms with Crippen LogP contribution < -0.4 is 5.32 Å². The van der Waals surface area contributed by atoms with Crippen molar-refractivity contribution >= 4 is 29.0 Å². The molecule has 1 aromatic carbocycles. The smallest absolute Gasteiger partial charge is 0.230 e. The van der Waals surface area contributed by atoms with Gasteiger partial charge in [0.1, 0.15) is 0 Å². The van der Waals surface area contributed by atoms with Crippen LogP contribution in [0.3, 0.4) is 0 Å². The number of aryl methyl sites for hydroxylation is 1. The summed E-state index contributed by atoms with van der Waals surface area (Å²) in [5.41, 5.74) is 3.46. The third-order valence-corrected chi connectivity index (χ3v) is 6.10. The zero-order valence-electron chi connectivity index (χ0n) is 15.4. The molecule has 2 aromatic heterocycles. The van der Waals surface area contributed by atoms with Gasteiger partial charge in [-0.3, -0.25) is 9.78 Å². The lowest BCUT2D eigenvalue weighted by atomic mass is 10.0. The molecule has 0 aliphatic rings. The maximum atomic E-state index is 12.5. The Morgan fingerprint density at radius 3 is 2.67 bits per heavy atom. The number of benzene rings is 1. The van der Waals surface area contributed by atoms with E-state index >= 15 is 0 Å². The van der Waals surface area contributed by atoms with Crippen molar-refractivity contribution in [3.63, 3.8) is 0 Å². The number of nitrogens with one attached hydrogen (secondary N) is 1. The molecule has 0 bridgehead atoms. The third-order valence-electron chi connectivity index (χ3n) is 4.19. The summed E-state index contributed by atoms with van der Waals surface area (Å²) < 4.78 is 0. The standard InChI is InChI=1S/C22H24N2OS2/c1-2-6-17-9-11-18(12-10-17)22(20-8-5-14-27-20)24-21(25)16-26-15-19-7-3-4-13-23-19/h3-5,7-14,22H,2,6,15-16H2,1H3,(H,24,25). The van der Waals surface area contributed by atoms with E-state index in [1.807, 2.05) is 24.3 Å². The van der Waals surface area contributed by atoms with Crippen LogP contribution in [0.4, 0.5) is 0 Å². The van der Waals surface area contributed by atoms with E-state index < -0.39 is 0 Å². The summed E-state index contributed by atoms with van der Waals surface area (Å²) in [4.78, 5) is 18.0. The van der Waals surface area contributed by atoms with Crippen LogP contribution in [0, 0.1) is 0 Å². The zero-order valence-corrected chi connectivity index (χ0v) is 17.1. The molecule has 0 fully saturated rings. The SMILES string of the molecule is CCCc1ccc(C(NC(=O)CSCc2ccccn2)c2cccs2)cc1. The highest BCUT2D eigenvalue weighted by Gasteiger charge is 2.18. The van der Waals surface area contributed by atoms with E-state index in [-0.39, 0.29) is 11.9 Å². The van der Waals surface area contributed by atoms with Crippen molar-refractivity contribution in [3.8, 4) is 0 Å². The first kappa shape index (κ1) is 19.6. The van der Waals surface area contributed by atoms with Crippen molar-refractivity contribution in [1.82, 2.24) is 10.3 Å². The second-order valence-electron chi connectivity index (χ2n) is 6.32. The largest absolute Gasteiger partial charge is 0.344 e. The van der Waals surface area contributed by atoms with Crippen LogP contribution in [0.5, 0.6) is 0 Å². The first-order valence-corrected chi connectivity index (χ1v) is 11.2. The predicted octanol–water partition coefficient (Wildman–Crippen LogP) is 5.23. The van der Waals surface area contributed by atoms with Crippen molar-refractivity contribution in [2.45, 2.75) is 31.6 Å². The summed E-state index contributed by atoms with van der Waals surface area (Å²) in [7, 11) is 0. The second-order valence-corrected chi connectivity index (χ2v) is 8.29. The third kappa shape index (κ3) is 5.94. The van der Waals surface area contributed by atoms with E-state index in [2.05, 4.69) is 52.9 Å². The first-order chi connectivity index (χ1) is 13.3. The molecule has 140 valence electrons. The number of carbonyl (C=O) groups excluding carboxylic acids is 1. The molecule has 5 heteroatoms. The summed E-state index contributed by atoms with van der Waals surface area (Å²) in [6.07, 6.45) is 4.00. The number of amides is 1. The molecule has 3 nitrogen and oxygen atoms in total. The average Bonchev–Trinajstić information content (AvgIpc) is 3.22. The van der Waals surface area contributed by atoms with Crippen molar-refractivity contribution in [2.75, 3.05) is 5.75 Å². The van der Waals surface area contributed by atoms with Gasteiger partial charge in [-0.1, -0.05) is 49.7 Å². The molecular formula is C22H24N2OS2. The normalized spacial score (nSPS) is 11.9. The minimum atomic E-state index is -0.0939. The summed E-state index contributed by atoms with van der Waals surface area (Å²) in [6.45, 7) is 2.19. The molecule has 1 N–H and O–H groups in total. The molecule has 0 saturated carbocycles. The molecule has 3 aromatic rings. The van der Waals surface area contributed by atoms with Crippen LogP contribution in [-0.4, -0.2) is 16.6 Å². The van der Waals surface area contributed by atoms with E-state index in [0.29, 0.717) is 5.75 Å². The Bertz CT molecular complexity index is 817. The number of rotatable bonds is 9. The van der Waals surface area contributed by atoms with E-state index in [1.54, 1.807) is 29.3 Å². The van der Waals surface area contributed by atoms with Crippen molar-refractivity contribution in [2.24, 2.45) is 0 Å². The van der Waals surface area contributed by atoms with E-state index in [4.69, 9.17) is 0 Å². The highest BCUT2D eigenvalue weighted by molar-refractivity contribution is 7.99. The van der Waals surface area contributed by atoms with Gasteiger partial charge in [0.2, 0.25) is 5.91 Å². The number of hydrogen-bond donors (Lipinski definition) is 1. The predicted molar refractivity (Wildman–Crippen MR) is 115 cm³/mol. The van der Waals surface area contributed by atoms with E-state index in [9.17, 15) is 4.79 Å². The van der Waals surface area contributed by atoms with Gasteiger partial charge in [-0.05, 0) is 41.1 Å². The Kier molecular flexibility index (Phi) is 7.48. The van der Waals surface area contributed by atoms with Gasteiger partial charge >= 0.3 is 0 Å². The maximum Gasteiger partial charge on any atom is 0.230 e. The number of pyridine rings is 1. The molecule has 27 heavy (non-hydrogen) atoms. The van der Waals surface area contributed by atoms with Gasteiger partial charge in [0.05, 0.1) is 17.5 Å². The topological polar surface area (TPSA) is 42.0 Å². The monoisotopic (exact) mass is 396 g/mol. The fraction of sp³-hybridized carbons (Fsp3) is 0.273. The molecular weight excluding hydrogens is 372 g/mol. The molecule has 0 saturated heterocycles. The lowest BCUT2D eigenvalue weighted by Gasteiger charge is -2.18. The first-order valence-electron chi connectivity index (χ1n) is 9.15. The summed E-state index contributed by atoms with van der Waals surface area (Å²) in [6, 6.07) is 18.5. The van der Waals surface area contributed by atoms with Crippen LogP contribution in [0.15, 0.2) is 66.2 Å². The fourth-order valence-corrected chi connectivity index (χ4v) is 4.43. The Morgan fingerprint density at radius 2 is 2.00 bits per heavy atom. The van der Waals surface area contributed by atoms with Crippen LogP contribution in [0.25, 0.3) is 0 Å². The van der Waals surface area contributed by atoms with Gasteiger partial charge in [-0.25, -0.2) is 0 Å². The lowest BCUT2D eigenvalue weighted by molar-refractivity contribution is -0.119. The van der Waals surface area contributed by atoms with Gasteiger partial charge in [-0.15, -0.1) is 23.1 Å². The molecule has 1 amide bonds. The van der Waals surface area contributed by atoms with E-state index in [0.717, 1.165) is 34.7 Å². The summed E-state index contributed by atoms with van der Waals surface area (Å²) in [5.74, 6) is 1.21. The second kappa shape index (κ2) is 10.3. The molecule has 2 heterocycles. The molecule has 0 aliphatic carbocycles. The van der Waals surface area contributed by atoms with Crippen LogP contribution in [-0.2, 0) is 17.0 Å². The van der Waals surface area contributed by atoms with Crippen molar-refractivity contribution in [3.05, 3.63) is 87.9 Å². The van der Waals surface area contributed by atoms with E-state index in [1.165, 1.54) is 5.56 Å². The quantitative estimate of drug-likeness (QED) is 0.538.